The van der Waals surface area contributed by atoms with Crippen LogP contribution in [0.1, 0.15) is 17.5 Å². The van der Waals surface area contributed by atoms with Gasteiger partial charge in [0.15, 0.2) is 0 Å². The molecule has 5 aromatic rings. The zero-order valence-electron chi connectivity index (χ0n) is 23.5. The third-order valence-electron chi connectivity index (χ3n) is 8.05. The number of anilines is 1. The van der Waals surface area contributed by atoms with Crippen LogP contribution in [0.4, 0.5) is 5.69 Å². The van der Waals surface area contributed by atoms with Crippen molar-refractivity contribution in [2.45, 2.75) is 12.8 Å². The SMILES string of the molecule is Oc1ccc(-c2ccc3cc(O)ccc3c2Cc2ccc(OCCCN3CCN(c4ccc(Cl)cc4)CC3)cc2)cc1. The number of piperazine rings is 1. The van der Waals surface area contributed by atoms with Crippen LogP contribution in [-0.2, 0) is 6.42 Å². The highest BCUT2D eigenvalue weighted by Gasteiger charge is 2.17. The van der Waals surface area contributed by atoms with Gasteiger partial charge in [-0.15, -0.1) is 0 Å². The van der Waals surface area contributed by atoms with Crippen LogP contribution < -0.4 is 9.64 Å². The van der Waals surface area contributed by atoms with Crippen LogP contribution in [0.2, 0.25) is 5.02 Å². The van der Waals surface area contributed by atoms with Crippen LogP contribution in [-0.4, -0.2) is 54.4 Å². The molecule has 42 heavy (non-hydrogen) atoms. The van der Waals surface area contributed by atoms with Crippen LogP contribution in [0, 0.1) is 0 Å². The first kappa shape index (κ1) is 28.0. The number of nitrogens with zero attached hydrogens (tertiary/aromatic N) is 2. The highest BCUT2D eigenvalue weighted by atomic mass is 35.5. The van der Waals surface area contributed by atoms with Crippen LogP contribution in [0.15, 0.2) is 103 Å². The molecule has 0 aliphatic carbocycles. The zero-order chi connectivity index (χ0) is 28.9. The van der Waals surface area contributed by atoms with E-state index in [1.54, 1.807) is 24.3 Å². The molecule has 0 bridgehead atoms. The monoisotopic (exact) mass is 578 g/mol. The van der Waals surface area contributed by atoms with Crippen LogP contribution in [0.5, 0.6) is 17.2 Å². The average Bonchev–Trinajstić information content (AvgIpc) is 3.01. The van der Waals surface area contributed by atoms with Crippen molar-refractivity contribution < 1.29 is 14.9 Å². The third kappa shape index (κ3) is 6.64. The number of hydrogen-bond donors (Lipinski definition) is 2. The molecule has 1 saturated heterocycles. The molecule has 0 atom stereocenters. The summed E-state index contributed by atoms with van der Waals surface area (Å²) in [6.07, 6.45) is 1.72. The van der Waals surface area contributed by atoms with E-state index in [-0.39, 0.29) is 11.5 Å². The summed E-state index contributed by atoms with van der Waals surface area (Å²) in [4.78, 5) is 4.93. The van der Waals surface area contributed by atoms with Crippen molar-refractivity contribution in [3.05, 3.63) is 119 Å². The van der Waals surface area contributed by atoms with E-state index in [1.807, 2.05) is 36.4 Å². The number of halogens is 1. The Hall–Kier alpha value is -4.19. The maximum absolute atomic E-state index is 10.0. The molecule has 1 aliphatic rings. The lowest BCUT2D eigenvalue weighted by atomic mass is 9.90. The first-order chi connectivity index (χ1) is 20.5. The Morgan fingerprint density at radius 3 is 2.17 bits per heavy atom. The molecule has 6 rings (SSSR count). The van der Waals surface area contributed by atoms with Crippen molar-refractivity contribution in [2.24, 2.45) is 0 Å². The van der Waals surface area contributed by atoms with E-state index >= 15 is 0 Å². The number of benzene rings is 5. The highest BCUT2D eigenvalue weighted by molar-refractivity contribution is 6.30. The molecule has 6 heteroatoms. The van der Waals surface area contributed by atoms with E-state index in [0.29, 0.717) is 6.61 Å². The molecule has 1 fully saturated rings. The van der Waals surface area contributed by atoms with E-state index in [2.05, 4.69) is 52.3 Å². The van der Waals surface area contributed by atoms with Gasteiger partial charge in [0.2, 0.25) is 0 Å². The molecule has 1 heterocycles. The molecule has 0 amide bonds. The molecule has 0 unspecified atom stereocenters. The Morgan fingerprint density at radius 1 is 0.714 bits per heavy atom. The summed E-state index contributed by atoms with van der Waals surface area (Å²) < 4.78 is 6.09. The van der Waals surface area contributed by atoms with Gasteiger partial charge in [0.1, 0.15) is 17.2 Å². The topological polar surface area (TPSA) is 56.2 Å². The summed E-state index contributed by atoms with van der Waals surface area (Å²) in [5, 5.41) is 22.7. The first-order valence-electron chi connectivity index (χ1n) is 14.5. The Labute approximate surface area is 252 Å². The minimum atomic E-state index is 0.248. The number of rotatable bonds is 9. The fourth-order valence-electron chi connectivity index (χ4n) is 5.75. The normalized spacial score (nSPS) is 13.9. The first-order valence-corrected chi connectivity index (χ1v) is 14.9. The predicted octanol–water partition coefficient (Wildman–Crippen LogP) is 7.75. The van der Waals surface area contributed by atoms with Crippen LogP contribution in [0.25, 0.3) is 21.9 Å². The van der Waals surface area contributed by atoms with Crippen LogP contribution >= 0.6 is 11.6 Å². The van der Waals surface area contributed by atoms with Crippen molar-refractivity contribution in [2.75, 3.05) is 44.2 Å². The quantitative estimate of drug-likeness (QED) is 0.175. The number of phenolic OH excluding ortho intramolecular Hbond substituents is 2. The number of ether oxygens (including phenoxy) is 1. The lowest BCUT2D eigenvalue weighted by molar-refractivity contribution is 0.224. The van der Waals surface area contributed by atoms with Gasteiger partial charge < -0.3 is 19.8 Å². The van der Waals surface area contributed by atoms with Gasteiger partial charge in [-0.05, 0) is 107 Å². The van der Waals surface area contributed by atoms with Gasteiger partial charge in [-0.25, -0.2) is 0 Å². The highest BCUT2D eigenvalue weighted by Crippen LogP contribution is 2.34. The van der Waals surface area contributed by atoms with Gasteiger partial charge in [-0.3, -0.25) is 4.90 Å². The summed E-state index contributed by atoms with van der Waals surface area (Å²) >= 11 is 6.03. The Balaban J connectivity index is 1.05. The molecule has 2 N–H and O–H groups in total. The second-order valence-corrected chi connectivity index (χ2v) is 11.3. The van der Waals surface area contributed by atoms with Crippen molar-refractivity contribution in [1.29, 1.82) is 0 Å². The fourth-order valence-corrected chi connectivity index (χ4v) is 5.88. The van der Waals surface area contributed by atoms with Crippen molar-refractivity contribution in [3.8, 4) is 28.4 Å². The van der Waals surface area contributed by atoms with Gasteiger partial charge in [0.05, 0.1) is 6.61 Å². The van der Waals surface area contributed by atoms with Gasteiger partial charge in [-0.2, -0.15) is 0 Å². The van der Waals surface area contributed by atoms with Gasteiger partial charge in [-0.1, -0.05) is 54.1 Å². The number of fused-ring (bicyclic) bond motifs is 1. The molecule has 0 saturated carbocycles. The molecular formula is C36H35ClN2O3. The van der Waals surface area contributed by atoms with Gasteiger partial charge >= 0.3 is 0 Å². The van der Waals surface area contributed by atoms with Crippen molar-refractivity contribution in [1.82, 2.24) is 4.90 Å². The van der Waals surface area contributed by atoms with E-state index in [1.165, 1.54) is 16.8 Å². The number of phenols is 2. The summed E-state index contributed by atoms with van der Waals surface area (Å²) in [6.45, 7) is 5.87. The van der Waals surface area contributed by atoms with E-state index < -0.39 is 0 Å². The fraction of sp³-hybridized carbons (Fsp3) is 0.222. The molecule has 1 aliphatic heterocycles. The van der Waals surface area contributed by atoms with E-state index in [4.69, 9.17) is 16.3 Å². The summed E-state index contributed by atoms with van der Waals surface area (Å²) in [5.74, 6) is 1.39. The lowest BCUT2D eigenvalue weighted by Gasteiger charge is -2.36. The van der Waals surface area contributed by atoms with E-state index in [9.17, 15) is 10.2 Å². The van der Waals surface area contributed by atoms with Crippen molar-refractivity contribution in [3.63, 3.8) is 0 Å². The molecule has 0 aromatic heterocycles. The standard InChI is InChI=1S/C36H35ClN2O3/c37-29-7-9-30(10-8-29)39-21-19-38(20-22-39)18-1-23-42-33-14-2-26(3-15-33)24-36-34(27-4-11-31(40)12-5-27)16-6-28-25-32(41)13-17-35(28)36/h2-17,25,40-41H,1,18-24H2. The largest absolute Gasteiger partial charge is 0.508 e. The minimum absolute atomic E-state index is 0.248. The predicted molar refractivity (Wildman–Crippen MR) is 172 cm³/mol. The maximum atomic E-state index is 10.0. The molecule has 0 radical (unpaired) electrons. The smallest absolute Gasteiger partial charge is 0.119 e. The average molecular weight is 579 g/mol. The Morgan fingerprint density at radius 2 is 1.43 bits per heavy atom. The summed E-state index contributed by atoms with van der Waals surface area (Å²) in [7, 11) is 0. The van der Waals surface area contributed by atoms with E-state index in [0.717, 1.165) is 78.2 Å². The Kier molecular flexibility index (Phi) is 8.50. The number of hydrogen-bond acceptors (Lipinski definition) is 5. The molecule has 0 spiro atoms. The summed E-state index contributed by atoms with van der Waals surface area (Å²) in [6, 6.07) is 33.4. The van der Waals surface area contributed by atoms with Gasteiger partial charge in [0.25, 0.3) is 0 Å². The van der Waals surface area contributed by atoms with Crippen LogP contribution in [0.3, 0.4) is 0 Å². The maximum Gasteiger partial charge on any atom is 0.119 e. The second kappa shape index (κ2) is 12.8. The molecular weight excluding hydrogens is 544 g/mol. The Bertz CT molecular complexity index is 1630. The zero-order valence-corrected chi connectivity index (χ0v) is 24.3. The van der Waals surface area contributed by atoms with Crippen molar-refractivity contribution >= 4 is 28.1 Å². The number of aromatic hydroxyl groups is 2. The molecule has 5 aromatic carbocycles. The second-order valence-electron chi connectivity index (χ2n) is 10.9. The minimum Gasteiger partial charge on any atom is -0.508 e. The summed E-state index contributed by atoms with van der Waals surface area (Å²) in [5.41, 5.74) is 5.76. The van der Waals surface area contributed by atoms with Gasteiger partial charge in [0, 0.05) is 43.4 Å². The molecule has 5 nitrogen and oxygen atoms in total. The third-order valence-corrected chi connectivity index (χ3v) is 8.30. The lowest BCUT2D eigenvalue weighted by Crippen LogP contribution is -2.46. The molecule has 214 valence electrons.